The fourth-order valence-electron chi connectivity index (χ4n) is 1.94. The zero-order valence-electron chi connectivity index (χ0n) is 10.1. The first-order valence-electron chi connectivity index (χ1n) is 5.93. The molecule has 2 heterocycles. The monoisotopic (exact) mass is 333 g/mol. The van der Waals surface area contributed by atoms with E-state index in [-0.39, 0.29) is 6.04 Å². The zero-order valence-corrected chi connectivity index (χ0v) is 12.5. The predicted molar refractivity (Wildman–Crippen MR) is 82.2 cm³/mol. The second-order valence-corrected chi connectivity index (χ2v) is 6.35. The number of hydrogen-bond donors (Lipinski definition) is 1. The van der Waals surface area contributed by atoms with E-state index in [0.29, 0.717) is 0 Å². The highest BCUT2D eigenvalue weighted by atomic mass is 79.9. The number of halogens is 1. The van der Waals surface area contributed by atoms with Crippen molar-refractivity contribution < 1.29 is 0 Å². The average Bonchev–Trinajstić information content (AvgIpc) is 2.80. The van der Waals surface area contributed by atoms with Gasteiger partial charge in [-0.2, -0.15) is 0 Å². The summed E-state index contributed by atoms with van der Waals surface area (Å²) in [4.78, 5) is 8.75. The summed E-state index contributed by atoms with van der Waals surface area (Å²) in [5, 5.41) is 1.06. The second kappa shape index (κ2) is 5.36. The Hall–Kier alpha value is -1.30. The molecule has 0 aliphatic rings. The SMILES string of the molecule is NC(Cc1nc2ccccc2s1)c1cncc(Br)c1. The van der Waals surface area contributed by atoms with Gasteiger partial charge >= 0.3 is 0 Å². The largest absolute Gasteiger partial charge is 0.324 e. The number of pyridine rings is 1. The van der Waals surface area contributed by atoms with Crippen LogP contribution in [0.25, 0.3) is 10.2 Å². The third-order valence-corrected chi connectivity index (χ3v) is 4.38. The van der Waals surface area contributed by atoms with E-state index in [2.05, 4.69) is 32.0 Å². The summed E-state index contributed by atoms with van der Waals surface area (Å²) >= 11 is 5.11. The van der Waals surface area contributed by atoms with Crippen LogP contribution < -0.4 is 5.73 Å². The molecule has 0 amide bonds. The van der Waals surface area contributed by atoms with Gasteiger partial charge < -0.3 is 5.73 Å². The Bertz CT molecular complexity index is 677. The summed E-state index contributed by atoms with van der Waals surface area (Å²) in [6.45, 7) is 0. The molecule has 1 aromatic carbocycles. The third kappa shape index (κ3) is 2.83. The Morgan fingerprint density at radius 3 is 2.89 bits per heavy atom. The van der Waals surface area contributed by atoms with Crippen LogP contribution in [-0.4, -0.2) is 9.97 Å². The highest BCUT2D eigenvalue weighted by molar-refractivity contribution is 9.10. The highest BCUT2D eigenvalue weighted by Gasteiger charge is 2.11. The summed E-state index contributed by atoms with van der Waals surface area (Å²) in [7, 11) is 0. The predicted octanol–water partition coefficient (Wildman–Crippen LogP) is 3.70. The molecule has 0 spiro atoms. The van der Waals surface area contributed by atoms with Crippen LogP contribution in [0.3, 0.4) is 0 Å². The van der Waals surface area contributed by atoms with Crippen molar-refractivity contribution in [3.05, 3.63) is 57.8 Å². The third-order valence-electron chi connectivity index (χ3n) is 2.89. The van der Waals surface area contributed by atoms with Gasteiger partial charge in [0.1, 0.15) is 0 Å². The van der Waals surface area contributed by atoms with Gasteiger partial charge in [0.25, 0.3) is 0 Å². The van der Waals surface area contributed by atoms with Crippen molar-refractivity contribution in [2.45, 2.75) is 12.5 Å². The first kappa shape index (κ1) is 12.7. The lowest BCUT2D eigenvalue weighted by Gasteiger charge is -2.09. The van der Waals surface area contributed by atoms with Crippen molar-refractivity contribution in [1.82, 2.24) is 9.97 Å². The lowest BCUT2D eigenvalue weighted by atomic mass is 10.1. The molecule has 3 rings (SSSR count). The molecule has 96 valence electrons. The highest BCUT2D eigenvalue weighted by Crippen LogP contribution is 2.25. The Labute approximate surface area is 123 Å². The average molecular weight is 334 g/mol. The number of aromatic nitrogens is 2. The second-order valence-electron chi connectivity index (χ2n) is 4.32. The Morgan fingerprint density at radius 2 is 2.11 bits per heavy atom. The normalized spacial score (nSPS) is 12.7. The van der Waals surface area contributed by atoms with E-state index < -0.39 is 0 Å². The van der Waals surface area contributed by atoms with E-state index in [1.807, 2.05) is 30.5 Å². The molecule has 0 radical (unpaired) electrons. The van der Waals surface area contributed by atoms with E-state index in [1.165, 1.54) is 4.70 Å². The molecule has 1 atom stereocenters. The summed E-state index contributed by atoms with van der Waals surface area (Å²) < 4.78 is 2.15. The zero-order chi connectivity index (χ0) is 13.2. The van der Waals surface area contributed by atoms with Gasteiger partial charge in [-0.15, -0.1) is 11.3 Å². The van der Waals surface area contributed by atoms with E-state index >= 15 is 0 Å². The summed E-state index contributed by atoms with van der Waals surface area (Å²) in [6.07, 6.45) is 4.30. The molecule has 0 aliphatic carbocycles. The smallest absolute Gasteiger partial charge is 0.0957 e. The Morgan fingerprint density at radius 1 is 1.26 bits per heavy atom. The van der Waals surface area contributed by atoms with Gasteiger partial charge in [-0.25, -0.2) is 4.98 Å². The number of hydrogen-bond acceptors (Lipinski definition) is 4. The Kier molecular flexibility index (Phi) is 3.59. The minimum Gasteiger partial charge on any atom is -0.324 e. The molecule has 19 heavy (non-hydrogen) atoms. The minimum atomic E-state index is -0.0782. The van der Waals surface area contributed by atoms with Crippen LogP contribution in [-0.2, 0) is 6.42 Å². The maximum atomic E-state index is 6.22. The summed E-state index contributed by atoms with van der Waals surface area (Å²) in [6, 6.07) is 10.1. The summed E-state index contributed by atoms with van der Waals surface area (Å²) in [5.41, 5.74) is 8.29. The maximum Gasteiger partial charge on any atom is 0.0957 e. The van der Waals surface area contributed by atoms with Crippen molar-refractivity contribution in [3.8, 4) is 0 Å². The maximum absolute atomic E-state index is 6.22. The lowest BCUT2D eigenvalue weighted by Crippen LogP contribution is -2.13. The van der Waals surface area contributed by atoms with Gasteiger partial charge in [0.05, 0.1) is 15.2 Å². The first-order valence-corrected chi connectivity index (χ1v) is 7.54. The van der Waals surface area contributed by atoms with E-state index in [9.17, 15) is 0 Å². The molecule has 3 nitrogen and oxygen atoms in total. The fraction of sp³-hybridized carbons (Fsp3) is 0.143. The van der Waals surface area contributed by atoms with Crippen LogP contribution in [0, 0.1) is 0 Å². The van der Waals surface area contributed by atoms with Crippen molar-refractivity contribution in [1.29, 1.82) is 0 Å². The molecular formula is C14H12BrN3S. The van der Waals surface area contributed by atoms with Crippen LogP contribution >= 0.6 is 27.3 Å². The van der Waals surface area contributed by atoms with Gasteiger partial charge in [-0.1, -0.05) is 12.1 Å². The van der Waals surface area contributed by atoms with Crippen molar-refractivity contribution in [2.75, 3.05) is 0 Å². The standard InChI is InChI=1S/C14H12BrN3S/c15-10-5-9(7-17-8-10)11(16)6-14-18-12-3-1-2-4-13(12)19-14/h1-5,7-8,11H,6,16H2. The number of fused-ring (bicyclic) bond motifs is 1. The number of benzene rings is 1. The molecule has 0 bridgehead atoms. The van der Waals surface area contributed by atoms with Crippen LogP contribution in [0.2, 0.25) is 0 Å². The molecule has 2 aromatic heterocycles. The van der Waals surface area contributed by atoms with E-state index in [0.717, 1.165) is 27.0 Å². The van der Waals surface area contributed by atoms with Gasteiger partial charge in [-0.3, -0.25) is 4.98 Å². The number of para-hydroxylation sites is 1. The van der Waals surface area contributed by atoms with Gasteiger partial charge in [0.2, 0.25) is 0 Å². The van der Waals surface area contributed by atoms with E-state index in [4.69, 9.17) is 5.73 Å². The molecule has 1 unspecified atom stereocenters. The van der Waals surface area contributed by atoms with Crippen molar-refractivity contribution in [3.63, 3.8) is 0 Å². The van der Waals surface area contributed by atoms with Crippen LogP contribution in [0.1, 0.15) is 16.6 Å². The number of nitrogens with zero attached hydrogens (tertiary/aromatic N) is 2. The molecule has 0 saturated carbocycles. The fourth-order valence-corrected chi connectivity index (χ4v) is 3.35. The van der Waals surface area contributed by atoms with Crippen LogP contribution in [0.5, 0.6) is 0 Å². The molecule has 0 aliphatic heterocycles. The van der Waals surface area contributed by atoms with Crippen LogP contribution in [0.15, 0.2) is 47.2 Å². The lowest BCUT2D eigenvalue weighted by molar-refractivity contribution is 0.715. The van der Waals surface area contributed by atoms with Crippen molar-refractivity contribution in [2.24, 2.45) is 5.73 Å². The molecule has 5 heteroatoms. The van der Waals surface area contributed by atoms with Crippen LogP contribution in [0.4, 0.5) is 0 Å². The molecular weight excluding hydrogens is 322 g/mol. The molecule has 0 saturated heterocycles. The van der Waals surface area contributed by atoms with Crippen molar-refractivity contribution >= 4 is 37.5 Å². The molecule has 3 aromatic rings. The Balaban J connectivity index is 1.84. The number of thiazole rings is 1. The molecule has 2 N–H and O–H groups in total. The van der Waals surface area contributed by atoms with Gasteiger partial charge in [0, 0.05) is 29.3 Å². The topological polar surface area (TPSA) is 51.8 Å². The quantitative estimate of drug-likeness (QED) is 0.795. The van der Waals surface area contributed by atoms with Gasteiger partial charge in [0.15, 0.2) is 0 Å². The molecule has 0 fully saturated rings. The number of rotatable bonds is 3. The number of nitrogens with two attached hydrogens (primary N) is 1. The van der Waals surface area contributed by atoms with Gasteiger partial charge in [-0.05, 0) is 39.7 Å². The summed E-state index contributed by atoms with van der Waals surface area (Å²) in [5.74, 6) is 0. The van der Waals surface area contributed by atoms with E-state index in [1.54, 1.807) is 17.5 Å². The first-order chi connectivity index (χ1) is 9.22. The minimum absolute atomic E-state index is 0.0782.